The van der Waals surface area contributed by atoms with Gasteiger partial charge in [-0.1, -0.05) is 12.8 Å². The van der Waals surface area contributed by atoms with Gasteiger partial charge in [-0.3, -0.25) is 0 Å². The smallest absolute Gasteiger partial charge is 2.00 e. The molecule has 0 rings (SSSR count). The number of thiol groups is 4. The molecule has 2 unspecified atom stereocenters. The van der Waals surface area contributed by atoms with E-state index >= 15 is 0 Å². The van der Waals surface area contributed by atoms with Gasteiger partial charge in [0.2, 0.25) is 0 Å². The van der Waals surface area contributed by atoms with Crippen LogP contribution in [0.5, 0.6) is 0 Å². The third kappa shape index (κ3) is 33.5. The number of hydrogen-bond donors (Lipinski definition) is 4. The maximum absolute atomic E-state index is 10.0. The van der Waals surface area contributed by atoms with Crippen LogP contribution in [0.15, 0.2) is 0 Å². The van der Waals surface area contributed by atoms with Crippen LogP contribution in [-0.2, 0) is 29.1 Å². The van der Waals surface area contributed by atoms with Gasteiger partial charge in [0.15, 0.2) is 0 Å². The molecule has 0 amide bonds. The van der Waals surface area contributed by atoms with E-state index in [0.717, 1.165) is 50.0 Å². The van der Waals surface area contributed by atoms with Crippen molar-refractivity contribution in [2.75, 3.05) is 11.5 Å². The van der Waals surface area contributed by atoms with Crippen molar-refractivity contribution in [2.24, 2.45) is 0 Å². The van der Waals surface area contributed by atoms with E-state index in [9.17, 15) is 19.8 Å². The van der Waals surface area contributed by atoms with Crippen molar-refractivity contribution in [1.29, 1.82) is 0 Å². The number of carbonyl (C=O) groups excluding carboxylic acids is 2. The van der Waals surface area contributed by atoms with Gasteiger partial charge in [0, 0.05) is 22.4 Å². The predicted octanol–water partition coefficient (Wildman–Crippen LogP) is 1.18. The van der Waals surface area contributed by atoms with Crippen molar-refractivity contribution in [2.45, 2.75) is 74.7 Å². The topological polar surface area (TPSA) is 80.3 Å². The number of unbranched alkanes of at least 4 members (excludes halogenated alkanes) is 2. The first kappa shape index (κ1) is 35.4. The molecule has 0 fully saturated rings. The average Bonchev–Trinajstić information content (AvgIpc) is 2.49. The molecule has 0 saturated heterocycles. The Morgan fingerprint density at radius 1 is 0.692 bits per heavy atom. The van der Waals surface area contributed by atoms with Crippen LogP contribution in [0, 0.1) is 0 Å². The monoisotopic (exact) mass is 502 g/mol. The summed E-state index contributed by atoms with van der Waals surface area (Å²) in [4.78, 5) is 20.1. The molecule has 146 valence electrons. The Balaban J connectivity index is -0.000000173. The fourth-order valence-electron chi connectivity index (χ4n) is 1.89. The number of carboxylic acid groups (broad SMARTS) is 2. The molecule has 0 saturated carbocycles. The normalized spacial score (nSPS) is 11.8. The van der Waals surface area contributed by atoms with Crippen LogP contribution in [0.3, 0.4) is 0 Å². The molecule has 0 heterocycles. The summed E-state index contributed by atoms with van der Waals surface area (Å²) in [7, 11) is 0. The van der Waals surface area contributed by atoms with E-state index in [0.29, 0.717) is 23.3 Å². The molecule has 0 aromatic carbocycles. The standard InChI is InChI=1S/2C8H16O2S2.Na.Zn.H/c2*9-8(10)4-2-1-3-7(12)5-6-11;;;/h2*7,11-12H,1-6H2,(H,9,10);;;/q;;;+2;/p-2. The molecule has 0 radical (unpaired) electrons. The van der Waals surface area contributed by atoms with E-state index in [1.165, 1.54) is 0 Å². The van der Waals surface area contributed by atoms with Gasteiger partial charge in [-0.05, 0) is 62.9 Å². The fraction of sp³-hybridized carbons (Fsp3) is 0.875. The van der Waals surface area contributed by atoms with E-state index in [-0.39, 0.29) is 61.9 Å². The van der Waals surface area contributed by atoms with Gasteiger partial charge in [0.1, 0.15) is 0 Å². The van der Waals surface area contributed by atoms with E-state index in [4.69, 9.17) is 0 Å². The van der Waals surface area contributed by atoms with Crippen LogP contribution in [-0.4, -0.2) is 63.5 Å². The largest absolute Gasteiger partial charge is 2.00 e. The second kappa shape index (κ2) is 27.0. The van der Waals surface area contributed by atoms with Crippen LogP contribution in [0.1, 0.15) is 64.2 Å². The number of aliphatic carboxylic acids is 2. The van der Waals surface area contributed by atoms with Crippen molar-refractivity contribution >= 4 is 92.0 Å². The van der Waals surface area contributed by atoms with Gasteiger partial charge in [-0.25, -0.2) is 0 Å². The maximum Gasteiger partial charge on any atom is 2.00 e. The third-order valence-electron chi connectivity index (χ3n) is 3.26. The van der Waals surface area contributed by atoms with E-state index < -0.39 is 11.9 Å². The number of hydrogen-bond acceptors (Lipinski definition) is 8. The third-order valence-corrected chi connectivity index (χ3v) is 4.81. The zero-order valence-corrected chi connectivity index (χ0v) is 21.3. The molecule has 10 heteroatoms. The van der Waals surface area contributed by atoms with E-state index in [1.807, 2.05) is 0 Å². The first-order valence-electron chi connectivity index (χ1n) is 8.31. The van der Waals surface area contributed by atoms with Crippen molar-refractivity contribution in [3.8, 4) is 0 Å². The molecule has 0 aliphatic rings. The first-order chi connectivity index (χ1) is 11.3. The van der Waals surface area contributed by atoms with Crippen molar-refractivity contribution < 1.29 is 39.3 Å². The second-order valence-electron chi connectivity index (χ2n) is 5.57. The second-order valence-corrected chi connectivity index (χ2v) is 7.92. The zero-order valence-electron chi connectivity index (χ0n) is 14.8. The molecule has 0 bridgehead atoms. The molecule has 0 aromatic heterocycles. The molecule has 0 aromatic rings. The SMILES string of the molecule is O=C([O-])CCCCC(S)CCS.O=C([O-])CCCCC(S)CCS.[NaH].[Zn+2]. The minimum atomic E-state index is -0.958. The molecule has 0 aliphatic heterocycles. The summed E-state index contributed by atoms with van der Waals surface area (Å²) in [6, 6.07) is 0. The summed E-state index contributed by atoms with van der Waals surface area (Å²) < 4.78 is 0. The molecule has 26 heavy (non-hydrogen) atoms. The summed E-state index contributed by atoms with van der Waals surface area (Å²) in [5.41, 5.74) is 0. The summed E-state index contributed by atoms with van der Waals surface area (Å²) in [5, 5.41) is 20.8. The van der Waals surface area contributed by atoms with E-state index in [2.05, 4.69) is 50.5 Å². The van der Waals surface area contributed by atoms with Crippen molar-refractivity contribution in [1.82, 2.24) is 0 Å². The Kier molecular flexibility index (Phi) is 36.7. The van der Waals surface area contributed by atoms with Gasteiger partial charge in [0.05, 0.1) is 0 Å². The summed E-state index contributed by atoms with van der Waals surface area (Å²) >= 11 is 16.8. The Morgan fingerprint density at radius 2 is 1.00 bits per heavy atom. The van der Waals surface area contributed by atoms with Crippen molar-refractivity contribution in [3.63, 3.8) is 0 Å². The minimum Gasteiger partial charge on any atom is 2.00 e. The van der Waals surface area contributed by atoms with Crippen LogP contribution in [0.25, 0.3) is 0 Å². The summed E-state index contributed by atoms with van der Waals surface area (Å²) in [6.45, 7) is 0. The summed E-state index contributed by atoms with van der Waals surface area (Å²) in [5.74, 6) is -0.233. The van der Waals surface area contributed by atoms with Crippen LogP contribution < -0.4 is 10.2 Å². The molecule has 0 N–H and O–H groups in total. The maximum atomic E-state index is 10.0. The molecule has 4 nitrogen and oxygen atoms in total. The van der Waals surface area contributed by atoms with Crippen LogP contribution in [0.2, 0.25) is 0 Å². The van der Waals surface area contributed by atoms with Gasteiger partial charge >= 0.3 is 49.0 Å². The summed E-state index contributed by atoms with van der Waals surface area (Å²) in [6.07, 6.45) is 7.47. The molecular weight excluding hydrogens is 473 g/mol. The number of carboxylic acids is 2. The van der Waals surface area contributed by atoms with Crippen molar-refractivity contribution in [3.05, 3.63) is 0 Å². The van der Waals surface area contributed by atoms with E-state index in [1.54, 1.807) is 0 Å². The quantitative estimate of drug-likeness (QED) is 0.163. The van der Waals surface area contributed by atoms with Crippen LogP contribution in [0.4, 0.5) is 0 Å². The van der Waals surface area contributed by atoms with Gasteiger partial charge in [-0.15, -0.1) is 0 Å². The molecule has 2 atom stereocenters. The molecule has 0 spiro atoms. The van der Waals surface area contributed by atoms with Gasteiger partial charge in [0.25, 0.3) is 0 Å². The van der Waals surface area contributed by atoms with Gasteiger partial charge < -0.3 is 19.8 Å². The molecular formula is C16H31NaO4S4Zn. The average molecular weight is 504 g/mol. The number of rotatable bonds is 14. The van der Waals surface area contributed by atoms with Gasteiger partial charge in [-0.2, -0.15) is 50.5 Å². The predicted molar refractivity (Wildman–Crippen MR) is 117 cm³/mol. The first-order valence-corrected chi connectivity index (χ1v) is 10.6. The minimum absolute atomic E-state index is 0. The number of carbonyl (C=O) groups is 2. The Hall–Kier alpha value is 1.96. The Bertz CT molecular complexity index is 299. The molecule has 0 aliphatic carbocycles. The Morgan fingerprint density at radius 3 is 1.23 bits per heavy atom. The zero-order chi connectivity index (χ0) is 18.8. The van der Waals surface area contributed by atoms with Crippen LogP contribution >= 0.6 is 50.5 Å². The Labute approximate surface area is 215 Å². The fourth-order valence-corrected chi connectivity index (χ4v) is 3.54.